The summed E-state index contributed by atoms with van der Waals surface area (Å²) in [6.07, 6.45) is 1.73. The fourth-order valence-corrected chi connectivity index (χ4v) is 3.97. The molecule has 0 unspecified atom stereocenters. The highest BCUT2D eigenvalue weighted by Gasteiger charge is 2.32. The van der Waals surface area contributed by atoms with Gasteiger partial charge in [-0.05, 0) is 42.0 Å². The summed E-state index contributed by atoms with van der Waals surface area (Å²) in [6, 6.07) is 23.2. The molecule has 1 heterocycles. The average molecular weight is 453 g/mol. The van der Waals surface area contributed by atoms with Crippen LogP contribution in [-0.2, 0) is 4.79 Å². The van der Waals surface area contributed by atoms with Crippen molar-refractivity contribution < 1.29 is 13.9 Å². The molecular formula is C24H18ClFN2O2S. The van der Waals surface area contributed by atoms with Gasteiger partial charge in [0.25, 0.3) is 5.91 Å². The summed E-state index contributed by atoms with van der Waals surface area (Å²) in [5.74, 6) is 0.516. The summed E-state index contributed by atoms with van der Waals surface area (Å²) in [7, 11) is 0. The Morgan fingerprint density at radius 3 is 2.45 bits per heavy atom. The highest BCUT2D eigenvalue weighted by atomic mass is 35.5. The summed E-state index contributed by atoms with van der Waals surface area (Å²) in [6.45, 7) is 0.442. The number of aliphatic imine (C=N–C) groups is 1. The van der Waals surface area contributed by atoms with Crippen LogP contribution in [0.1, 0.15) is 5.56 Å². The largest absolute Gasteiger partial charge is 0.493 e. The van der Waals surface area contributed by atoms with Gasteiger partial charge in [0, 0.05) is 5.75 Å². The minimum atomic E-state index is -0.542. The molecule has 0 radical (unpaired) electrons. The molecule has 0 atom stereocenters. The van der Waals surface area contributed by atoms with Crippen molar-refractivity contribution in [2.24, 2.45) is 4.99 Å². The summed E-state index contributed by atoms with van der Waals surface area (Å²) in [5, 5.41) is 0.439. The Hall–Kier alpha value is -3.09. The molecule has 1 aliphatic rings. The van der Waals surface area contributed by atoms with Crippen molar-refractivity contribution in [3.8, 4) is 5.75 Å². The lowest BCUT2D eigenvalue weighted by Crippen LogP contribution is -2.30. The molecule has 0 bridgehead atoms. The first-order valence-electron chi connectivity index (χ1n) is 9.57. The van der Waals surface area contributed by atoms with Gasteiger partial charge in [-0.1, -0.05) is 71.9 Å². The Balaban J connectivity index is 1.55. The third-order valence-electron chi connectivity index (χ3n) is 4.42. The molecule has 4 nitrogen and oxygen atoms in total. The number of thioether (sulfide) groups is 1. The predicted molar refractivity (Wildman–Crippen MR) is 125 cm³/mol. The molecule has 0 aliphatic carbocycles. The maximum atomic E-state index is 13.7. The minimum absolute atomic E-state index is 0.0532. The molecule has 0 spiro atoms. The summed E-state index contributed by atoms with van der Waals surface area (Å²) >= 11 is 7.34. The molecule has 1 aliphatic heterocycles. The quantitative estimate of drug-likeness (QED) is 0.338. The van der Waals surface area contributed by atoms with Crippen LogP contribution < -0.4 is 9.64 Å². The molecule has 0 saturated carbocycles. The van der Waals surface area contributed by atoms with Gasteiger partial charge < -0.3 is 4.74 Å². The van der Waals surface area contributed by atoms with Crippen molar-refractivity contribution in [3.63, 3.8) is 0 Å². The van der Waals surface area contributed by atoms with E-state index in [1.54, 1.807) is 6.08 Å². The SMILES string of the molecule is O=C1C(=Cc2ccccc2)N=C(SCCOc2ccccc2)N1c1ccc(F)c(Cl)c1. The van der Waals surface area contributed by atoms with Gasteiger partial charge in [0.2, 0.25) is 0 Å². The monoisotopic (exact) mass is 452 g/mol. The van der Waals surface area contributed by atoms with E-state index >= 15 is 0 Å². The van der Waals surface area contributed by atoms with Crippen LogP contribution in [0.2, 0.25) is 5.02 Å². The zero-order valence-electron chi connectivity index (χ0n) is 16.4. The van der Waals surface area contributed by atoms with E-state index in [1.807, 2.05) is 60.7 Å². The molecule has 0 fully saturated rings. The fourth-order valence-electron chi connectivity index (χ4n) is 2.96. The van der Waals surface area contributed by atoms with Crippen LogP contribution >= 0.6 is 23.4 Å². The Labute approximate surface area is 189 Å². The number of ether oxygens (including phenoxy) is 1. The standard InChI is InChI=1S/C24H18ClFN2O2S/c25-20-16-18(11-12-21(20)26)28-23(29)22(15-17-7-3-1-4-8-17)27-24(28)31-14-13-30-19-9-5-2-6-10-19/h1-12,15-16H,13-14H2. The number of amides is 1. The number of halogens is 2. The highest BCUT2D eigenvalue weighted by Crippen LogP contribution is 2.31. The second kappa shape index (κ2) is 9.81. The number of hydrogen-bond donors (Lipinski definition) is 0. The van der Waals surface area contributed by atoms with Crippen LogP contribution in [0.3, 0.4) is 0 Å². The molecular weight excluding hydrogens is 435 g/mol. The summed E-state index contributed by atoms with van der Waals surface area (Å²) < 4.78 is 19.4. The number of carbonyl (C=O) groups is 1. The second-order valence-electron chi connectivity index (χ2n) is 6.58. The molecule has 4 rings (SSSR count). The molecule has 1 amide bonds. The van der Waals surface area contributed by atoms with Crippen LogP contribution in [0.15, 0.2) is 89.6 Å². The van der Waals surface area contributed by atoms with Gasteiger partial charge in [-0.2, -0.15) is 0 Å². The van der Waals surface area contributed by atoms with E-state index in [2.05, 4.69) is 4.99 Å². The lowest BCUT2D eigenvalue weighted by Gasteiger charge is -2.18. The van der Waals surface area contributed by atoms with Crippen molar-refractivity contribution in [1.82, 2.24) is 0 Å². The molecule has 3 aromatic carbocycles. The van der Waals surface area contributed by atoms with E-state index in [-0.39, 0.29) is 10.9 Å². The van der Waals surface area contributed by atoms with E-state index < -0.39 is 5.82 Å². The van der Waals surface area contributed by atoms with Gasteiger partial charge >= 0.3 is 0 Å². The fraction of sp³-hybridized carbons (Fsp3) is 0.0833. The number of anilines is 1. The lowest BCUT2D eigenvalue weighted by atomic mass is 10.2. The molecule has 156 valence electrons. The third-order valence-corrected chi connectivity index (χ3v) is 5.61. The van der Waals surface area contributed by atoms with Crippen LogP contribution in [0, 0.1) is 5.82 Å². The van der Waals surface area contributed by atoms with E-state index in [4.69, 9.17) is 16.3 Å². The van der Waals surface area contributed by atoms with Crippen LogP contribution in [-0.4, -0.2) is 23.4 Å². The van der Waals surface area contributed by atoms with Crippen molar-refractivity contribution in [1.29, 1.82) is 0 Å². The Morgan fingerprint density at radius 1 is 1.03 bits per heavy atom. The number of carbonyl (C=O) groups excluding carboxylic acids is 1. The third kappa shape index (κ3) is 5.16. The van der Waals surface area contributed by atoms with Gasteiger partial charge in [0.1, 0.15) is 17.3 Å². The molecule has 7 heteroatoms. The van der Waals surface area contributed by atoms with Crippen molar-refractivity contribution in [2.45, 2.75) is 0 Å². The second-order valence-corrected chi connectivity index (χ2v) is 8.05. The molecule has 0 N–H and O–H groups in total. The number of amidine groups is 1. The number of nitrogens with zero attached hydrogens (tertiary/aromatic N) is 2. The zero-order valence-corrected chi connectivity index (χ0v) is 17.9. The Morgan fingerprint density at radius 2 is 1.74 bits per heavy atom. The van der Waals surface area contributed by atoms with Crippen LogP contribution in [0.5, 0.6) is 5.75 Å². The minimum Gasteiger partial charge on any atom is -0.493 e. The van der Waals surface area contributed by atoms with Gasteiger partial charge in [0.05, 0.1) is 17.3 Å². The van der Waals surface area contributed by atoms with Gasteiger partial charge in [-0.25, -0.2) is 9.38 Å². The number of benzene rings is 3. The number of rotatable bonds is 6. The maximum absolute atomic E-state index is 13.7. The number of para-hydroxylation sites is 1. The Bertz CT molecular complexity index is 1140. The summed E-state index contributed by atoms with van der Waals surface area (Å²) in [5.41, 5.74) is 1.63. The lowest BCUT2D eigenvalue weighted by molar-refractivity contribution is -0.113. The smallest absolute Gasteiger partial charge is 0.283 e. The molecule has 3 aromatic rings. The number of hydrogen-bond acceptors (Lipinski definition) is 4. The molecule has 0 aromatic heterocycles. The zero-order chi connectivity index (χ0) is 21.6. The first-order chi connectivity index (χ1) is 15.1. The molecule has 31 heavy (non-hydrogen) atoms. The van der Waals surface area contributed by atoms with Crippen molar-refractivity contribution in [3.05, 3.63) is 101 Å². The van der Waals surface area contributed by atoms with Crippen molar-refractivity contribution in [2.75, 3.05) is 17.3 Å². The van der Waals surface area contributed by atoms with Crippen LogP contribution in [0.25, 0.3) is 6.08 Å². The Kier molecular flexibility index (Phi) is 6.70. The van der Waals surface area contributed by atoms with E-state index in [0.717, 1.165) is 11.3 Å². The normalized spacial score (nSPS) is 14.8. The van der Waals surface area contributed by atoms with Gasteiger partial charge in [-0.15, -0.1) is 0 Å². The van der Waals surface area contributed by atoms with E-state index in [1.165, 1.54) is 34.9 Å². The highest BCUT2D eigenvalue weighted by molar-refractivity contribution is 8.14. The van der Waals surface area contributed by atoms with E-state index in [9.17, 15) is 9.18 Å². The van der Waals surface area contributed by atoms with Crippen LogP contribution in [0.4, 0.5) is 10.1 Å². The first-order valence-corrected chi connectivity index (χ1v) is 10.9. The van der Waals surface area contributed by atoms with E-state index in [0.29, 0.717) is 28.9 Å². The van der Waals surface area contributed by atoms with Crippen molar-refractivity contribution >= 4 is 46.2 Å². The molecule has 0 saturated heterocycles. The maximum Gasteiger partial charge on any atom is 0.283 e. The topological polar surface area (TPSA) is 41.9 Å². The summed E-state index contributed by atoms with van der Waals surface area (Å²) in [4.78, 5) is 19.1. The average Bonchev–Trinajstić information content (AvgIpc) is 3.09. The van der Waals surface area contributed by atoms with Gasteiger partial charge in [0.15, 0.2) is 5.17 Å². The predicted octanol–water partition coefficient (Wildman–Crippen LogP) is 6.04. The first kappa shape index (κ1) is 21.2. The van der Waals surface area contributed by atoms with Gasteiger partial charge in [-0.3, -0.25) is 9.69 Å².